The Kier molecular flexibility index (Phi) is 3.22. The Morgan fingerprint density at radius 3 is 2.53 bits per heavy atom. The normalized spacial score (nSPS) is 10.6. The van der Waals surface area contributed by atoms with Crippen molar-refractivity contribution in [2.24, 2.45) is 0 Å². The van der Waals surface area contributed by atoms with Gasteiger partial charge in [-0.15, -0.1) is 0 Å². The Morgan fingerprint density at radius 1 is 1.00 bits per heavy atom. The minimum atomic E-state index is 0.862. The van der Waals surface area contributed by atoms with E-state index in [0.717, 1.165) is 32.3 Å². The van der Waals surface area contributed by atoms with Gasteiger partial charge < -0.3 is 4.74 Å². The Hall–Kier alpha value is -1.87. The molecule has 0 saturated heterocycles. The van der Waals surface area contributed by atoms with Gasteiger partial charge in [-0.05, 0) is 41.8 Å². The van der Waals surface area contributed by atoms with Crippen molar-refractivity contribution in [2.45, 2.75) is 0 Å². The van der Waals surface area contributed by atoms with Crippen LogP contribution in [0, 0.1) is 0 Å². The van der Waals surface area contributed by atoms with E-state index in [1.807, 2.05) is 36.5 Å². The van der Waals surface area contributed by atoms with Crippen LogP contribution in [0.2, 0.25) is 0 Å². The maximum atomic E-state index is 5.26. The first-order chi connectivity index (χ1) is 9.28. The minimum absolute atomic E-state index is 0.862. The van der Waals surface area contributed by atoms with Gasteiger partial charge in [0.1, 0.15) is 5.75 Å². The van der Waals surface area contributed by atoms with E-state index in [2.05, 4.69) is 39.1 Å². The first-order valence-electron chi connectivity index (χ1n) is 5.96. The first-order valence-corrected chi connectivity index (χ1v) is 6.76. The lowest BCUT2D eigenvalue weighted by Gasteiger charge is -2.07. The molecule has 0 fully saturated rings. The van der Waals surface area contributed by atoms with Gasteiger partial charge in [-0.25, -0.2) is 0 Å². The van der Waals surface area contributed by atoms with Gasteiger partial charge in [0.05, 0.1) is 12.8 Å². The molecule has 1 aromatic heterocycles. The molecule has 0 saturated carbocycles. The Labute approximate surface area is 120 Å². The monoisotopic (exact) mass is 313 g/mol. The fraction of sp³-hybridized carbons (Fsp3) is 0.0625. The number of hydrogen-bond acceptors (Lipinski definition) is 2. The summed E-state index contributed by atoms with van der Waals surface area (Å²) in [6, 6.07) is 16.2. The van der Waals surface area contributed by atoms with Crippen LogP contribution in [0.25, 0.3) is 22.0 Å². The van der Waals surface area contributed by atoms with Gasteiger partial charge >= 0.3 is 0 Å². The summed E-state index contributed by atoms with van der Waals surface area (Å²) in [5, 5.41) is 2.26. The summed E-state index contributed by atoms with van der Waals surface area (Å²) in [4.78, 5) is 4.51. The summed E-state index contributed by atoms with van der Waals surface area (Å²) >= 11 is 3.45. The van der Waals surface area contributed by atoms with Crippen LogP contribution < -0.4 is 4.74 Å². The number of fused-ring (bicyclic) bond motifs is 1. The zero-order chi connectivity index (χ0) is 13.2. The highest BCUT2D eigenvalue weighted by Gasteiger charge is 2.06. The van der Waals surface area contributed by atoms with Crippen LogP contribution >= 0.6 is 15.9 Å². The zero-order valence-electron chi connectivity index (χ0n) is 10.4. The molecule has 0 aliphatic heterocycles. The number of benzene rings is 2. The highest BCUT2D eigenvalue weighted by molar-refractivity contribution is 9.10. The topological polar surface area (TPSA) is 22.1 Å². The summed E-state index contributed by atoms with van der Waals surface area (Å²) in [6.45, 7) is 0. The van der Waals surface area contributed by atoms with E-state index in [-0.39, 0.29) is 0 Å². The molecule has 0 spiro atoms. The van der Waals surface area contributed by atoms with Gasteiger partial charge in [0.25, 0.3) is 0 Å². The Morgan fingerprint density at radius 2 is 1.79 bits per heavy atom. The molecule has 94 valence electrons. The molecule has 0 aliphatic rings. The highest BCUT2D eigenvalue weighted by atomic mass is 79.9. The van der Waals surface area contributed by atoms with E-state index in [1.165, 1.54) is 0 Å². The highest BCUT2D eigenvalue weighted by Crippen LogP contribution is 2.29. The van der Waals surface area contributed by atoms with Gasteiger partial charge in [0.15, 0.2) is 0 Å². The maximum absolute atomic E-state index is 5.26. The molecular formula is C16H12BrNO. The number of pyridine rings is 1. The van der Waals surface area contributed by atoms with Crippen LogP contribution in [0.1, 0.15) is 0 Å². The molecule has 3 rings (SSSR count). The molecule has 2 aromatic carbocycles. The number of methoxy groups -OCH3 is 1. The molecule has 2 nitrogen and oxygen atoms in total. The molecule has 0 aliphatic carbocycles. The SMILES string of the molecule is COc1ccc2c(-c3ccc(Br)cc3)nccc2c1. The van der Waals surface area contributed by atoms with Crippen LogP contribution in [0.3, 0.4) is 0 Å². The minimum Gasteiger partial charge on any atom is -0.497 e. The first kappa shape index (κ1) is 12.2. The van der Waals surface area contributed by atoms with Crippen molar-refractivity contribution < 1.29 is 4.74 Å². The number of ether oxygens (including phenoxy) is 1. The van der Waals surface area contributed by atoms with Crippen LogP contribution in [-0.2, 0) is 0 Å². The summed E-state index contributed by atoms with van der Waals surface area (Å²) in [6.07, 6.45) is 1.83. The third-order valence-electron chi connectivity index (χ3n) is 3.09. The van der Waals surface area contributed by atoms with Gasteiger partial charge in [-0.2, -0.15) is 0 Å². The molecule has 3 aromatic rings. The lowest BCUT2D eigenvalue weighted by Crippen LogP contribution is -1.87. The van der Waals surface area contributed by atoms with Crippen molar-refractivity contribution >= 4 is 26.7 Å². The third kappa shape index (κ3) is 2.34. The van der Waals surface area contributed by atoms with Crippen molar-refractivity contribution in [2.75, 3.05) is 7.11 Å². The standard InChI is InChI=1S/C16H12BrNO/c1-19-14-6-7-15-12(10-14)8-9-18-16(15)11-2-4-13(17)5-3-11/h2-10H,1H3. The van der Waals surface area contributed by atoms with Crippen LogP contribution in [0.5, 0.6) is 5.75 Å². The van der Waals surface area contributed by atoms with E-state index < -0.39 is 0 Å². The van der Waals surface area contributed by atoms with E-state index in [0.29, 0.717) is 0 Å². The number of halogens is 1. The molecular weight excluding hydrogens is 302 g/mol. The molecule has 19 heavy (non-hydrogen) atoms. The molecule has 0 bridgehead atoms. The Balaban J connectivity index is 2.21. The van der Waals surface area contributed by atoms with Crippen molar-refractivity contribution in [3.8, 4) is 17.0 Å². The lowest BCUT2D eigenvalue weighted by molar-refractivity contribution is 0.415. The fourth-order valence-corrected chi connectivity index (χ4v) is 2.39. The van der Waals surface area contributed by atoms with E-state index in [9.17, 15) is 0 Å². The summed E-state index contributed by atoms with van der Waals surface area (Å²) in [5.74, 6) is 0.862. The maximum Gasteiger partial charge on any atom is 0.119 e. The van der Waals surface area contributed by atoms with Crippen molar-refractivity contribution in [1.82, 2.24) is 4.98 Å². The van der Waals surface area contributed by atoms with Crippen LogP contribution in [0.4, 0.5) is 0 Å². The lowest BCUT2D eigenvalue weighted by atomic mass is 10.0. The fourth-order valence-electron chi connectivity index (χ4n) is 2.12. The average Bonchev–Trinajstić information content (AvgIpc) is 2.47. The van der Waals surface area contributed by atoms with Gasteiger partial charge in [-0.1, -0.05) is 28.1 Å². The summed E-state index contributed by atoms with van der Waals surface area (Å²) < 4.78 is 6.32. The van der Waals surface area contributed by atoms with E-state index in [4.69, 9.17) is 4.74 Å². The smallest absolute Gasteiger partial charge is 0.119 e. The van der Waals surface area contributed by atoms with Crippen molar-refractivity contribution in [3.63, 3.8) is 0 Å². The van der Waals surface area contributed by atoms with Gasteiger partial charge in [-0.3, -0.25) is 4.98 Å². The van der Waals surface area contributed by atoms with Crippen LogP contribution in [-0.4, -0.2) is 12.1 Å². The van der Waals surface area contributed by atoms with E-state index >= 15 is 0 Å². The zero-order valence-corrected chi connectivity index (χ0v) is 12.0. The number of rotatable bonds is 2. The molecule has 1 heterocycles. The second kappa shape index (κ2) is 5.02. The molecule has 3 heteroatoms. The second-order valence-corrected chi connectivity index (χ2v) is 5.17. The second-order valence-electron chi connectivity index (χ2n) is 4.25. The van der Waals surface area contributed by atoms with E-state index in [1.54, 1.807) is 7.11 Å². The molecule has 0 unspecified atom stereocenters. The third-order valence-corrected chi connectivity index (χ3v) is 3.62. The largest absolute Gasteiger partial charge is 0.497 e. The quantitative estimate of drug-likeness (QED) is 0.685. The predicted octanol–water partition coefficient (Wildman–Crippen LogP) is 4.67. The van der Waals surface area contributed by atoms with Crippen molar-refractivity contribution in [3.05, 3.63) is 59.2 Å². The van der Waals surface area contributed by atoms with Gasteiger partial charge in [0.2, 0.25) is 0 Å². The molecule has 0 atom stereocenters. The van der Waals surface area contributed by atoms with Crippen LogP contribution in [0.15, 0.2) is 59.2 Å². The average molecular weight is 314 g/mol. The molecule has 0 radical (unpaired) electrons. The number of hydrogen-bond donors (Lipinski definition) is 0. The number of aromatic nitrogens is 1. The van der Waals surface area contributed by atoms with Crippen molar-refractivity contribution in [1.29, 1.82) is 0 Å². The van der Waals surface area contributed by atoms with Gasteiger partial charge in [0, 0.05) is 21.6 Å². The summed E-state index contributed by atoms with van der Waals surface area (Å²) in [7, 11) is 1.68. The molecule has 0 amide bonds. The summed E-state index contributed by atoms with van der Waals surface area (Å²) in [5.41, 5.74) is 2.10. The predicted molar refractivity (Wildman–Crippen MR) is 81.4 cm³/mol. The molecule has 0 N–H and O–H groups in total. The Bertz CT molecular complexity index is 722. The number of nitrogens with zero attached hydrogens (tertiary/aromatic N) is 1.